The van der Waals surface area contributed by atoms with Crippen LogP contribution in [0.1, 0.15) is 50.0 Å². The van der Waals surface area contributed by atoms with Crippen molar-refractivity contribution in [2.45, 2.75) is 63.7 Å². The van der Waals surface area contributed by atoms with Crippen LogP contribution in [0.4, 0.5) is 8.78 Å². The third-order valence-electron chi connectivity index (χ3n) is 6.15. The van der Waals surface area contributed by atoms with E-state index in [-0.39, 0.29) is 23.7 Å². The second-order valence-electron chi connectivity index (χ2n) is 9.02. The highest BCUT2D eigenvalue weighted by atomic mass is 19.1. The van der Waals surface area contributed by atoms with Gasteiger partial charge in [-0.1, -0.05) is 0 Å². The Morgan fingerprint density at radius 2 is 2.00 bits per heavy atom. The molecule has 1 aliphatic heterocycles. The number of rotatable bonds is 5. The number of ether oxygens (including phenoxy) is 1. The summed E-state index contributed by atoms with van der Waals surface area (Å²) in [5.41, 5.74) is 8.62. The number of aryl methyl sites for hydroxylation is 1. The number of nitrogens with two attached hydrogens (primary N) is 1. The molecule has 3 aromatic rings. The van der Waals surface area contributed by atoms with Gasteiger partial charge < -0.3 is 10.5 Å². The maximum Gasteiger partial charge on any atom is 0.182 e. The van der Waals surface area contributed by atoms with Gasteiger partial charge in [-0.2, -0.15) is 0 Å². The smallest absolute Gasteiger partial charge is 0.182 e. The molecule has 176 valence electrons. The van der Waals surface area contributed by atoms with Gasteiger partial charge in [-0.3, -0.25) is 4.99 Å². The predicted molar refractivity (Wildman–Crippen MR) is 125 cm³/mol. The Bertz CT molecular complexity index is 1290. The van der Waals surface area contributed by atoms with Gasteiger partial charge in [0.05, 0.1) is 23.9 Å². The summed E-state index contributed by atoms with van der Waals surface area (Å²) < 4.78 is 34.5. The maximum atomic E-state index is 14.7. The first-order valence-electron chi connectivity index (χ1n) is 11.5. The molecule has 3 heterocycles. The summed E-state index contributed by atoms with van der Waals surface area (Å²) in [6.07, 6.45) is 8.11. The van der Waals surface area contributed by atoms with Crippen molar-refractivity contribution in [3.05, 3.63) is 59.3 Å². The van der Waals surface area contributed by atoms with Crippen LogP contribution in [0, 0.1) is 18.6 Å². The van der Waals surface area contributed by atoms with Gasteiger partial charge >= 0.3 is 0 Å². The molecule has 1 saturated carbocycles. The number of hydrogen-bond acceptors (Lipinski definition) is 7. The van der Waals surface area contributed by atoms with E-state index in [0.29, 0.717) is 47.3 Å². The Labute approximate surface area is 196 Å². The molecule has 1 aromatic carbocycles. The topological polar surface area (TPSA) is 99.2 Å². The quantitative estimate of drug-likeness (QED) is 0.562. The van der Waals surface area contributed by atoms with Crippen molar-refractivity contribution >= 4 is 17.4 Å². The van der Waals surface area contributed by atoms with E-state index in [1.54, 1.807) is 12.4 Å². The number of aromatic nitrogens is 4. The molecule has 34 heavy (non-hydrogen) atoms. The molecule has 9 heteroatoms. The van der Waals surface area contributed by atoms with Crippen molar-refractivity contribution in [1.82, 2.24) is 19.9 Å². The number of halogens is 2. The molecular weight excluding hydrogens is 438 g/mol. The van der Waals surface area contributed by atoms with E-state index < -0.39 is 11.6 Å². The summed E-state index contributed by atoms with van der Waals surface area (Å²) in [6.45, 7) is 3.81. The lowest BCUT2D eigenvalue weighted by Gasteiger charge is -2.33. The summed E-state index contributed by atoms with van der Waals surface area (Å²) in [6, 6.07) is 3.80. The van der Waals surface area contributed by atoms with Crippen LogP contribution >= 0.6 is 0 Å². The van der Waals surface area contributed by atoms with Gasteiger partial charge in [0.2, 0.25) is 0 Å². The highest BCUT2D eigenvalue weighted by Gasteiger charge is 2.33. The number of hydrogen-bond donors (Lipinski definition) is 1. The lowest BCUT2D eigenvalue weighted by Crippen LogP contribution is -2.33. The second-order valence-corrected chi connectivity index (χ2v) is 9.02. The summed E-state index contributed by atoms with van der Waals surface area (Å²) >= 11 is 0. The van der Waals surface area contributed by atoms with E-state index in [1.807, 2.05) is 20.1 Å². The Morgan fingerprint density at radius 3 is 2.74 bits per heavy atom. The molecule has 2 N–H and O–H groups in total. The van der Waals surface area contributed by atoms with Crippen LogP contribution in [-0.2, 0) is 4.74 Å². The van der Waals surface area contributed by atoms with E-state index in [0.717, 1.165) is 24.5 Å². The molecule has 0 unspecified atom stereocenters. The lowest BCUT2D eigenvalue weighted by atomic mass is 9.88. The van der Waals surface area contributed by atoms with Crippen LogP contribution in [0.5, 0.6) is 0 Å². The van der Waals surface area contributed by atoms with Gasteiger partial charge in [-0.15, -0.1) is 0 Å². The normalized spacial score (nSPS) is 23.6. The Kier molecular flexibility index (Phi) is 6.03. The average molecular weight is 465 g/mol. The maximum absolute atomic E-state index is 14.7. The summed E-state index contributed by atoms with van der Waals surface area (Å²) in [4.78, 5) is 22.9. The molecule has 0 bridgehead atoms. The lowest BCUT2D eigenvalue weighted by molar-refractivity contribution is -0.0272. The van der Waals surface area contributed by atoms with Gasteiger partial charge in [-0.25, -0.2) is 28.7 Å². The predicted octanol–water partition coefficient (Wildman–Crippen LogP) is 4.40. The molecule has 1 aliphatic carbocycles. The highest BCUT2D eigenvalue weighted by Crippen LogP contribution is 2.36. The minimum atomic E-state index is -0.712. The van der Waals surface area contributed by atoms with Crippen LogP contribution in [0.3, 0.4) is 0 Å². The minimum absolute atomic E-state index is 0.0677. The van der Waals surface area contributed by atoms with Crippen LogP contribution in [-0.4, -0.2) is 44.4 Å². The monoisotopic (exact) mass is 464 g/mol. The zero-order valence-corrected chi connectivity index (χ0v) is 19.1. The fraction of sp³-hybridized carbons (Fsp3) is 0.400. The van der Waals surface area contributed by atoms with Gasteiger partial charge in [-0.05, 0) is 51.7 Å². The number of fused-ring (bicyclic) bond motifs is 1. The molecule has 0 spiro atoms. The van der Waals surface area contributed by atoms with Gasteiger partial charge in [0.15, 0.2) is 5.65 Å². The summed E-state index contributed by atoms with van der Waals surface area (Å²) in [5.74, 6) is -0.915. The first-order valence-corrected chi connectivity index (χ1v) is 11.5. The number of nitrogens with zero attached hydrogens (tertiary/aromatic N) is 5. The highest BCUT2D eigenvalue weighted by molar-refractivity contribution is 5.87. The van der Waals surface area contributed by atoms with Crippen molar-refractivity contribution < 1.29 is 13.5 Å². The molecule has 2 fully saturated rings. The van der Waals surface area contributed by atoms with Crippen molar-refractivity contribution in [2.24, 2.45) is 10.7 Å². The van der Waals surface area contributed by atoms with Crippen LogP contribution in [0.2, 0.25) is 0 Å². The molecule has 0 amide bonds. The number of benzene rings is 1. The third-order valence-corrected chi connectivity index (χ3v) is 6.15. The van der Waals surface area contributed by atoms with Gasteiger partial charge in [0.1, 0.15) is 28.7 Å². The fourth-order valence-electron chi connectivity index (χ4n) is 4.28. The standard InChI is InChI=1S/C25H26F2N6O/c1-13-11-30-23-22(19-6-3-17(26)9-20(19)27)32-24(33-25(23)31-13)15-7-14(2)34-21(8-15)16(10-28)12-29-18-4-5-18/h3,6,9-12,14-15,18,21H,4-5,7-8,28H2,1-2H3/b16-10+,29-12?/t14-,15+,21+/m0/s1. The summed E-state index contributed by atoms with van der Waals surface area (Å²) in [5, 5.41) is 0. The zero-order chi connectivity index (χ0) is 23.8. The molecule has 0 radical (unpaired) electrons. The first kappa shape index (κ1) is 22.5. The van der Waals surface area contributed by atoms with Crippen LogP contribution in [0.25, 0.3) is 22.4 Å². The molecular formula is C25H26F2N6O. The van der Waals surface area contributed by atoms with Crippen LogP contribution in [0.15, 0.2) is 41.2 Å². The van der Waals surface area contributed by atoms with Crippen molar-refractivity contribution in [1.29, 1.82) is 0 Å². The minimum Gasteiger partial charge on any atom is -0.404 e. The molecule has 2 aliphatic rings. The Balaban J connectivity index is 1.56. The first-order chi connectivity index (χ1) is 16.4. The number of aliphatic imine (C=N–C) groups is 1. The molecule has 7 nitrogen and oxygen atoms in total. The average Bonchev–Trinajstić information content (AvgIpc) is 3.63. The molecule has 2 aromatic heterocycles. The Hall–Kier alpha value is -3.33. The van der Waals surface area contributed by atoms with E-state index in [4.69, 9.17) is 20.4 Å². The van der Waals surface area contributed by atoms with E-state index >= 15 is 0 Å². The van der Waals surface area contributed by atoms with Crippen LogP contribution < -0.4 is 5.73 Å². The Morgan fingerprint density at radius 1 is 1.18 bits per heavy atom. The largest absolute Gasteiger partial charge is 0.404 e. The van der Waals surface area contributed by atoms with Crippen molar-refractivity contribution in [3.63, 3.8) is 0 Å². The molecule has 5 rings (SSSR count). The van der Waals surface area contributed by atoms with Gasteiger partial charge in [0.25, 0.3) is 0 Å². The zero-order valence-electron chi connectivity index (χ0n) is 19.1. The van der Waals surface area contributed by atoms with E-state index in [2.05, 4.69) is 15.0 Å². The van der Waals surface area contributed by atoms with Gasteiger partial charge in [0, 0.05) is 41.7 Å². The molecule has 3 atom stereocenters. The van der Waals surface area contributed by atoms with Crippen molar-refractivity contribution in [3.8, 4) is 11.3 Å². The fourth-order valence-corrected chi connectivity index (χ4v) is 4.28. The van der Waals surface area contributed by atoms with E-state index in [1.165, 1.54) is 12.1 Å². The second kappa shape index (κ2) is 9.13. The summed E-state index contributed by atoms with van der Waals surface area (Å²) in [7, 11) is 0. The third kappa shape index (κ3) is 4.65. The molecule has 1 saturated heterocycles. The SMILES string of the molecule is Cc1cnc2c(-c3ccc(F)cc3F)nc([C@@H]3C[C@H](C)O[C@@H](/C(C=NC4CC4)=C/N)C3)nc2n1. The van der Waals surface area contributed by atoms with Crippen molar-refractivity contribution in [2.75, 3.05) is 0 Å². The van der Waals surface area contributed by atoms with E-state index in [9.17, 15) is 8.78 Å².